The van der Waals surface area contributed by atoms with Crippen molar-refractivity contribution in [1.82, 2.24) is 10.6 Å². The molecule has 1 aliphatic heterocycles. The third-order valence-corrected chi connectivity index (χ3v) is 5.21. The second-order valence-electron chi connectivity index (χ2n) is 7.60. The summed E-state index contributed by atoms with van der Waals surface area (Å²) in [5.41, 5.74) is 0.00688. The van der Waals surface area contributed by atoms with Crippen molar-refractivity contribution in [3.63, 3.8) is 0 Å². The highest BCUT2D eigenvalue weighted by atomic mass is 16.5. The zero-order valence-electron chi connectivity index (χ0n) is 17.5. The predicted octanol–water partition coefficient (Wildman–Crippen LogP) is 2.58. The van der Waals surface area contributed by atoms with E-state index in [1.807, 2.05) is 25.1 Å². The van der Waals surface area contributed by atoms with Crippen LogP contribution in [0.15, 0.2) is 52.1 Å². The molecule has 3 rings (SSSR count). The molecule has 3 N–H and O–H groups in total. The lowest BCUT2D eigenvalue weighted by Gasteiger charge is -2.22. The molecule has 1 aromatic carbocycles. The molecular weight excluding hydrogens is 368 g/mol. The summed E-state index contributed by atoms with van der Waals surface area (Å²) in [6.07, 6.45) is 2.67. The predicted molar refractivity (Wildman–Crippen MR) is 116 cm³/mol. The number of nitrogens with zero attached hydrogens (tertiary/aromatic N) is 2. The molecule has 158 valence electrons. The second-order valence-corrected chi connectivity index (χ2v) is 7.60. The van der Waals surface area contributed by atoms with E-state index in [1.165, 1.54) is 0 Å². The maximum absolute atomic E-state index is 10.6. The summed E-state index contributed by atoms with van der Waals surface area (Å²) in [7, 11) is 1.71. The molecule has 0 spiro atoms. The first-order valence-corrected chi connectivity index (χ1v) is 10.2. The highest BCUT2D eigenvalue weighted by molar-refractivity contribution is 5.79. The average molecular weight is 401 g/mol. The molecular formula is C22H32N4O3. The van der Waals surface area contributed by atoms with Gasteiger partial charge in [0.15, 0.2) is 5.96 Å². The number of aliphatic hydroxyl groups is 1. The van der Waals surface area contributed by atoms with E-state index in [4.69, 9.17) is 9.15 Å². The fourth-order valence-electron chi connectivity index (χ4n) is 3.59. The Kier molecular flexibility index (Phi) is 7.04. The van der Waals surface area contributed by atoms with E-state index in [0.29, 0.717) is 17.6 Å². The quantitative estimate of drug-likeness (QED) is 0.467. The largest absolute Gasteiger partial charge is 0.495 e. The van der Waals surface area contributed by atoms with Crippen LogP contribution in [0.1, 0.15) is 26.0 Å². The van der Waals surface area contributed by atoms with E-state index in [0.717, 1.165) is 44.0 Å². The number of benzene rings is 1. The van der Waals surface area contributed by atoms with Gasteiger partial charge >= 0.3 is 0 Å². The molecule has 2 heterocycles. The molecule has 1 aliphatic rings. The Balaban J connectivity index is 1.55. The second kappa shape index (κ2) is 9.69. The number of rotatable bonds is 8. The van der Waals surface area contributed by atoms with Gasteiger partial charge in [-0.3, -0.25) is 0 Å². The van der Waals surface area contributed by atoms with Gasteiger partial charge in [-0.25, -0.2) is 4.99 Å². The normalized spacial score (nSPS) is 19.1. The molecule has 1 saturated heterocycles. The van der Waals surface area contributed by atoms with Gasteiger partial charge in [0.05, 0.1) is 25.6 Å². The Morgan fingerprint density at radius 2 is 2.14 bits per heavy atom. The Morgan fingerprint density at radius 1 is 1.31 bits per heavy atom. The van der Waals surface area contributed by atoms with Crippen LogP contribution in [-0.2, 0) is 5.60 Å². The van der Waals surface area contributed by atoms with Crippen LogP contribution in [0.25, 0.3) is 0 Å². The minimum atomic E-state index is -1.14. The van der Waals surface area contributed by atoms with E-state index < -0.39 is 5.60 Å². The van der Waals surface area contributed by atoms with Crippen molar-refractivity contribution >= 4 is 11.6 Å². The van der Waals surface area contributed by atoms with Crippen LogP contribution < -0.4 is 20.3 Å². The number of hydrogen-bond acceptors (Lipinski definition) is 5. The van der Waals surface area contributed by atoms with Crippen molar-refractivity contribution in [2.75, 3.05) is 44.7 Å². The van der Waals surface area contributed by atoms with Crippen molar-refractivity contribution in [3.05, 3.63) is 48.4 Å². The summed E-state index contributed by atoms with van der Waals surface area (Å²) in [5.74, 6) is 2.64. The van der Waals surface area contributed by atoms with Crippen LogP contribution in [0.4, 0.5) is 5.69 Å². The maximum Gasteiger partial charge on any atom is 0.191 e. The van der Waals surface area contributed by atoms with E-state index in [9.17, 15) is 5.11 Å². The number of ether oxygens (including phenoxy) is 1. The van der Waals surface area contributed by atoms with Crippen molar-refractivity contribution < 1.29 is 14.3 Å². The van der Waals surface area contributed by atoms with Crippen LogP contribution in [0.3, 0.4) is 0 Å². The third-order valence-electron chi connectivity index (χ3n) is 5.21. The highest BCUT2D eigenvalue weighted by Crippen LogP contribution is 2.31. The van der Waals surface area contributed by atoms with Crippen molar-refractivity contribution in [2.45, 2.75) is 25.9 Å². The maximum atomic E-state index is 10.6. The molecule has 0 saturated carbocycles. The van der Waals surface area contributed by atoms with E-state index >= 15 is 0 Å². The molecule has 29 heavy (non-hydrogen) atoms. The first-order valence-electron chi connectivity index (χ1n) is 10.2. The third kappa shape index (κ3) is 5.44. The van der Waals surface area contributed by atoms with Crippen molar-refractivity contribution in [1.29, 1.82) is 0 Å². The zero-order valence-corrected chi connectivity index (χ0v) is 17.5. The smallest absolute Gasteiger partial charge is 0.191 e. The topological polar surface area (TPSA) is 82.3 Å². The Labute approximate surface area is 172 Å². The van der Waals surface area contributed by atoms with E-state index in [2.05, 4.69) is 26.6 Å². The highest BCUT2D eigenvalue weighted by Gasteiger charge is 2.27. The summed E-state index contributed by atoms with van der Waals surface area (Å²) in [6.45, 7) is 7.51. The number of para-hydroxylation sites is 2. The first-order chi connectivity index (χ1) is 14.0. The minimum Gasteiger partial charge on any atom is -0.495 e. The molecule has 0 aliphatic carbocycles. The number of guanidine groups is 1. The minimum absolute atomic E-state index is 0.216. The lowest BCUT2D eigenvalue weighted by Crippen LogP contribution is -2.41. The van der Waals surface area contributed by atoms with Gasteiger partial charge in [0.25, 0.3) is 0 Å². The number of aliphatic imine (C=N–C) groups is 1. The molecule has 7 nitrogen and oxygen atoms in total. The fraction of sp³-hybridized carbons (Fsp3) is 0.500. The zero-order chi connectivity index (χ0) is 20.7. The summed E-state index contributed by atoms with van der Waals surface area (Å²) in [6, 6.07) is 11.7. The SMILES string of the molecule is CCNC(=NCC(C)(O)c1ccco1)NCC1CCN(c2ccccc2OC)C1. The van der Waals surface area contributed by atoms with Crippen LogP contribution >= 0.6 is 0 Å². The van der Waals surface area contributed by atoms with Crippen LogP contribution in [-0.4, -0.2) is 50.9 Å². The molecule has 0 amide bonds. The number of hydrogen-bond donors (Lipinski definition) is 3. The van der Waals surface area contributed by atoms with Crippen LogP contribution in [0.5, 0.6) is 5.75 Å². The van der Waals surface area contributed by atoms with Crippen LogP contribution in [0, 0.1) is 5.92 Å². The van der Waals surface area contributed by atoms with Gasteiger partial charge in [0, 0.05) is 26.2 Å². The lowest BCUT2D eigenvalue weighted by atomic mass is 10.0. The Morgan fingerprint density at radius 3 is 2.86 bits per heavy atom. The molecule has 2 aromatic rings. The number of nitrogens with one attached hydrogen (secondary N) is 2. The van der Waals surface area contributed by atoms with E-state index in [-0.39, 0.29) is 6.54 Å². The monoisotopic (exact) mass is 400 g/mol. The van der Waals surface area contributed by atoms with Crippen LogP contribution in [0.2, 0.25) is 0 Å². The summed E-state index contributed by atoms with van der Waals surface area (Å²) < 4.78 is 10.8. The Hall–Kier alpha value is -2.67. The molecule has 2 unspecified atom stereocenters. The Bertz CT molecular complexity index is 789. The van der Waals surface area contributed by atoms with Gasteiger partial charge < -0.3 is 29.8 Å². The molecule has 0 bridgehead atoms. The van der Waals surface area contributed by atoms with Gasteiger partial charge in [-0.1, -0.05) is 12.1 Å². The fourth-order valence-corrected chi connectivity index (χ4v) is 3.59. The summed E-state index contributed by atoms with van der Waals surface area (Å²) in [5, 5.41) is 17.3. The number of methoxy groups -OCH3 is 1. The standard InChI is InChI=1S/C22H32N4O3/c1-4-23-21(25-16-22(2,27)20-10-7-13-29-20)24-14-17-11-12-26(15-17)18-8-5-6-9-19(18)28-3/h5-10,13,17,27H,4,11-12,14-16H2,1-3H3,(H2,23,24,25). The lowest BCUT2D eigenvalue weighted by molar-refractivity contribution is 0.0437. The van der Waals surface area contributed by atoms with Gasteiger partial charge in [-0.15, -0.1) is 0 Å². The molecule has 7 heteroatoms. The molecule has 1 fully saturated rings. The van der Waals surface area contributed by atoms with Crippen molar-refractivity contribution in [2.24, 2.45) is 10.9 Å². The van der Waals surface area contributed by atoms with Gasteiger partial charge in [-0.05, 0) is 50.5 Å². The summed E-state index contributed by atoms with van der Waals surface area (Å²) in [4.78, 5) is 6.93. The van der Waals surface area contributed by atoms with Gasteiger partial charge in [-0.2, -0.15) is 0 Å². The number of anilines is 1. The molecule has 2 atom stereocenters. The van der Waals surface area contributed by atoms with Crippen molar-refractivity contribution in [3.8, 4) is 5.75 Å². The average Bonchev–Trinajstić information content (AvgIpc) is 3.42. The van der Waals surface area contributed by atoms with E-state index in [1.54, 1.807) is 32.4 Å². The first kappa shape index (κ1) is 21.0. The number of furan rings is 1. The molecule has 1 aromatic heterocycles. The summed E-state index contributed by atoms with van der Waals surface area (Å²) >= 11 is 0. The van der Waals surface area contributed by atoms with Gasteiger partial charge in [0.1, 0.15) is 17.1 Å². The molecule has 0 radical (unpaired) electrons. The van der Waals surface area contributed by atoms with Gasteiger partial charge in [0.2, 0.25) is 0 Å².